The van der Waals surface area contributed by atoms with E-state index in [2.05, 4.69) is 25.9 Å². The Morgan fingerprint density at radius 3 is 2.54 bits per heavy atom. The molecule has 0 saturated carbocycles. The van der Waals surface area contributed by atoms with Crippen LogP contribution in [0.15, 0.2) is 47.6 Å². The third-order valence-electron chi connectivity index (χ3n) is 3.71. The standard InChI is InChI=1S/C19H23ClFN5O.HI/c1-22-19(24-8-7-14-5-6-17(20)26-13-14)25-10-9-23-18(27)12-15-3-2-4-16(21)11-15;/h2-6,11,13H,7-10,12H2,1H3,(H,23,27)(H2,22,24,25);1H. The van der Waals surface area contributed by atoms with Crippen LogP contribution in [-0.2, 0) is 17.6 Å². The summed E-state index contributed by atoms with van der Waals surface area (Å²) in [7, 11) is 1.68. The monoisotopic (exact) mass is 519 g/mol. The molecule has 152 valence electrons. The molecule has 2 rings (SSSR count). The zero-order chi connectivity index (χ0) is 19.5. The first-order valence-corrected chi connectivity index (χ1v) is 9.00. The summed E-state index contributed by atoms with van der Waals surface area (Å²) in [6.45, 7) is 1.65. The number of carbonyl (C=O) groups excluding carboxylic acids is 1. The molecule has 0 saturated heterocycles. The number of aromatic nitrogens is 1. The van der Waals surface area contributed by atoms with Crippen molar-refractivity contribution in [3.63, 3.8) is 0 Å². The fraction of sp³-hybridized carbons (Fsp3) is 0.316. The molecule has 28 heavy (non-hydrogen) atoms. The summed E-state index contributed by atoms with van der Waals surface area (Å²) in [4.78, 5) is 20.0. The van der Waals surface area contributed by atoms with Crippen molar-refractivity contribution in [3.05, 3.63) is 64.7 Å². The summed E-state index contributed by atoms with van der Waals surface area (Å²) in [5.41, 5.74) is 1.72. The minimum absolute atomic E-state index is 0. The van der Waals surface area contributed by atoms with Crippen LogP contribution in [0.4, 0.5) is 4.39 Å². The van der Waals surface area contributed by atoms with Crippen LogP contribution in [0.3, 0.4) is 0 Å². The second-order valence-corrected chi connectivity index (χ2v) is 6.21. The largest absolute Gasteiger partial charge is 0.356 e. The molecule has 0 bridgehead atoms. The normalized spacial score (nSPS) is 10.8. The second kappa shape index (κ2) is 13.3. The number of aliphatic imine (C=N–C) groups is 1. The first-order chi connectivity index (χ1) is 13.1. The summed E-state index contributed by atoms with van der Waals surface area (Å²) >= 11 is 5.76. The van der Waals surface area contributed by atoms with Crippen LogP contribution in [0.5, 0.6) is 0 Å². The quantitative estimate of drug-likeness (QED) is 0.165. The van der Waals surface area contributed by atoms with Crippen LogP contribution in [0.2, 0.25) is 5.15 Å². The minimum Gasteiger partial charge on any atom is -0.356 e. The number of hydrogen-bond acceptors (Lipinski definition) is 3. The summed E-state index contributed by atoms with van der Waals surface area (Å²) in [6.07, 6.45) is 2.68. The SMILES string of the molecule is CN=C(NCCNC(=O)Cc1cccc(F)c1)NCCc1ccc(Cl)nc1.I. The van der Waals surface area contributed by atoms with Crippen LogP contribution in [0.25, 0.3) is 0 Å². The van der Waals surface area contributed by atoms with E-state index >= 15 is 0 Å². The molecular weight excluding hydrogens is 496 g/mol. The van der Waals surface area contributed by atoms with Crippen LogP contribution in [0.1, 0.15) is 11.1 Å². The van der Waals surface area contributed by atoms with Crippen LogP contribution >= 0.6 is 35.6 Å². The van der Waals surface area contributed by atoms with Gasteiger partial charge >= 0.3 is 0 Å². The van der Waals surface area contributed by atoms with Crippen LogP contribution in [-0.4, -0.2) is 43.5 Å². The maximum absolute atomic E-state index is 13.1. The molecule has 0 aliphatic carbocycles. The van der Waals surface area contributed by atoms with Gasteiger partial charge in [0.15, 0.2) is 5.96 Å². The third kappa shape index (κ3) is 9.32. The van der Waals surface area contributed by atoms with E-state index in [4.69, 9.17) is 11.6 Å². The van der Waals surface area contributed by atoms with E-state index < -0.39 is 0 Å². The van der Waals surface area contributed by atoms with Crippen molar-refractivity contribution in [1.29, 1.82) is 0 Å². The fourth-order valence-electron chi connectivity index (χ4n) is 2.38. The van der Waals surface area contributed by atoms with E-state index in [-0.39, 0.29) is 42.1 Å². The minimum atomic E-state index is -0.341. The lowest BCUT2D eigenvalue weighted by atomic mass is 10.1. The highest BCUT2D eigenvalue weighted by Crippen LogP contribution is 2.05. The highest BCUT2D eigenvalue weighted by Gasteiger charge is 2.04. The zero-order valence-electron chi connectivity index (χ0n) is 15.5. The van der Waals surface area contributed by atoms with E-state index in [0.29, 0.717) is 36.3 Å². The van der Waals surface area contributed by atoms with Crippen LogP contribution in [0, 0.1) is 5.82 Å². The molecule has 0 fully saturated rings. The summed E-state index contributed by atoms with van der Waals surface area (Å²) < 4.78 is 13.1. The molecule has 0 unspecified atom stereocenters. The Morgan fingerprint density at radius 2 is 1.86 bits per heavy atom. The van der Waals surface area contributed by atoms with Gasteiger partial charge in [-0.25, -0.2) is 9.37 Å². The lowest BCUT2D eigenvalue weighted by Crippen LogP contribution is -2.42. The van der Waals surface area contributed by atoms with Gasteiger partial charge in [0.25, 0.3) is 0 Å². The summed E-state index contributed by atoms with van der Waals surface area (Å²) in [5.74, 6) is 0.156. The number of carbonyl (C=O) groups is 1. The third-order valence-corrected chi connectivity index (χ3v) is 3.94. The number of amides is 1. The average molecular weight is 520 g/mol. The predicted molar refractivity (Wildman–Crippen MR) is 121 cm³/mol. The Balaban J connectivity index is 0.00000392. The molecule has 1 aromatic heterocycles. The number of hydrogen-bond donors (Lipinski definition) is 3. The van der Waals surface area contributed by atoms with Gasteiger partial charge < -0.3 is 16.0 Å². The first kappa shape index (κ1) is 24.1. The number of nitrogens with one attached hydrogen (secondary N) is 3. The number of nitrogens with zero attached hydrogens (tertiary/aromatic N) is 2. The molecule has 0 atom stereocenters. The summed E-state index contributed by atoms with van der Waals surface area (Å²) in [6, 6.07) is 9.73. The maximum atomic E-state index is 13.1. The van der Waals surface area contributed by atoms with Crippen molar-refractivity contribution in [2.45, 2.75) is 12.8 Å². The molecule has 2 aromatic rings. The molecule has 0 aliphatic heterocycles. The van der Waals surface area contributed by atoms with Crippen molar-refractivity contribution < 1.29 is 9.18 Å². The molecule has 0 aliphatic rings. The molecule has 0 radical (unpaired) electrons. The van der Waals surface area contributed by atoms with E-state index in [1.165, 1.54) is 12.1 Å². The Hall–Kier alpha value is -1.94. The highest BCUT2D eigenvalue weighted by atomic mass is 127. The highest BCUT2D eigenvalue weighted by molar-refractivity contribution is 14.0. The van der Waals surface area contributed by atoms with Gasteiger partial charge in [0, 0.05) is 32.9 Å². The Bertz CT molecular complexity index is 773. The van der Waals surface area contributed by atoms with Crippen molar-refractivity contribution >= 4 is 47.4 Å². The zero-order valence-corrected chi connectivity index (χ0v) is 18.6. The lowest BCUT2D eigenvalue weighted by molar-refractivity contribution is -0.120. The molecule has 9 heteroatoms. The van der Waals surface area contributed by atoms with Gasteiger partial charge in [-0.3, -0.25) is 9.79 Å². The van der Waals surface area contributed by atoms with Crippen molar-refractivity contribution in [3.8, 4) is 0 Å². The number of benzene rings is 1. The lowest BCUT2D eigenvalue weighted by Gasteiger charge is -2.12. The molecular formula is C19H24ClFIN5O. The molecule has 1 heterocycles. The smallest absolute Gasteiger partial charge is 0.224 e. The summed E-state index contributed by atoms with van der Waals surface area (Å²) in [5, 5.41) is 9.58. The van der Waals surface area contributed by atoms with Gasteiger partial charge in [-0.05, 0) is 35.7 Å². The molecule has 0 spiro atoms. The van der Waals surface area contributed by atoms with Gasteiger partial charge in [0.05, 0.1) is 6.42 Å². The Morgan fingerprint density at radius 1 is 1.11 bits per heavy atom. The Labute approximate surface area is 186 Å². The van der Waals surface area contributed by atoms with Crippen molar-refractivity contribution in [2.75, 3.05) is 26.7 Å². The van der Waals surface area contributed by atoms with Crippen LogP contribution < -0.4 is 16.0 Å². The predicted octanol–water partition coefficient (Wildman–Crippen LogP) is 2.56. The average Bonchev–Trinajstić information content (AvgIpc) is 2.65. The Kier molecular flexibility index (Phi) is 11.4. The molecule has 1 aromatic carbocycles. The van der Waals surface area contributed by atoms with E-state index in [1.54, 1.807) is 31.4 Å². The second-order valence-electron chi connectivity index (χ2n) is 5.82. The van der Waals surface area contributed by atoms with E-state index in [1.807, 2.05) is 6.07 Å². The van der Waals surface area contributed by atoms with Gasteiger partial charge in [0.1, 0.15) is 11.0 Å². The first-order valence-electron chi connectivity index (χ1n) is 8.63. The molecule has 6 nitrogen and oxygen atoms in total. The fourth-order valence-corrected chi connectivity index (χ4v) is 2.49. The van der Waals surface area contributed by atoms with Gasteiger partial charge in [-0.1, -0.05) is 29.8 Å². The van der Waals surface area contributed by atoms with E-state index in [0.717, 1.165) is 12.0 Å². The number of halogens is 3. The van der Waals surface area contributed by atoms with Crippen molar-refractivity contribution in [1.82, 2.24) is 20.9 Å². The van der Waals surface area contributed by atoms with Gasteiger partial charge in [-0.15, -0.1) is 24.0 Å². The maximum Gasteiger partial charge on any atom is 0.224 e. The number of pyridine rings is 1. The molecule has 1 amide bonds. The van der Waals surface area contributed by atoms with Gasteiger partial charge in [0.2, 0.25) is 5.91 Å². The number of guanidine groups is 1. The number of rotatable bonds is 8. The van der Waals surface area contributed by atoms with Gasteiger partial charge in [-0.2, -0.15) is 0 Å². The molecule has 3 N–H and O–H groups in total. The topological polar surface area (TPSA) is 78.4 Å². The van der Waals surface area contributed by atoms with Crippen molar-refractivity contribution in [2.24, 2.45) is 4.99 Å². The van der Waals surface area contributed by atoms with E-state index in [9.17, 15) is 9.18 Å².